The number of aromatic nitrogens is 2. The highest BCUT2D eigenvalue weighted by Gasteiger charge is 2.10. The van der Waals surface area contributed by atoms with E-state index in [0.717, 1.165) is 16.9 Å². The van der Waals surface area contributed by atoms with Crippen LogP contribution in [0.2, 0.25) is 0 Å². The van der Waals surface area contributed by atoms with Crippen LogP contribution < -0.4 is 14.8 Å². The van der Waals surface area contributed by atoms with Gasteiger partial charge in [-0.3, -0.25) is 9.78 Å². The van der Waals surface area contributed by atoms with E-state index in [1.54, 1.807) is 37.8 Å². The highest BCUT2D eigenvalue weighted by molar-refractivity contribution is 5.92. The number of pyridine rings is 2. The summed E-state index contributed by atoms with van der Waals surface area (Å²) in [6.07, 6.45) is 5.27. The minimum atomic E-state index is -0.164. The smallest absolute Gasteiger partial charge is 0.230 e. The van der Waals surface area contributed by atoms with Crippen LogP contribution in [-0.4, -0.2) is 23.0 Å². The Hall–Kier alpha value is -3.41. The predicted octanol–water partition coefficient (Wildman–Crippen LogP) is 3.25. The van der Waals surface area contributed by atoms with Crippen LogP contribution in [0.3, 0.4) is 0 Å². The van der Waals surface area contributed by atoms with Crippen LogP contribution in [0.25, 0.3) is 0 Å². The molecule has 1 N–H and O–H groups in total. The van der Waals surface area contributed by atoms with E-state index in [-0.39, 0.29) is 12.3 Å². The van der Waals surface area contributed by atoms with Crippen LogP contribution in [0.5, 0.6) is 11.5 Å². The molecule has 0 aliphatic rings. The monoisotopic (exact) mass is 349 g/mol. The van der Waals surface area contributed by atoms with Crippen molar-refractivity contribution in [2.75, 3.05) is 12.4 Å². The average Bonchev–Trinajstić information content (AvgIpc) is 2.68. The molecule has 3 rings (SSSR count). The van der Waals surface area contributed by atoms with Crippen molar-refractivity contribution in [2.24, 2.45) is 0 Å². The molecule has 0 saturated carbocycles. The van der Waals surface area contributed by atoms with Crippen molar-refractivity contribution in [1.82, 2.24) is 9.97 Å². The molecule has 0 aliphatic carbocycles. The normalized spacial score (nSPS) is 10.2. The Morgan fingerprint density at radius 3 is 2.50 bits per heavy atom. The van der Waals surface area contributed by atoms with Crippen molar-refractivity contribution in [3.8, 4) is 11.5 Å². The van der Waals surface area contributed by atoms with Gasteiger partial charge in [-0.05, 0) is 47.5 Å². The van der Waals surface area contributed by atoms with Crippen LogP contribution >= 0.6 is 0 Å². The number of ether oxygens (including phenoxy) is 2. The molecule has 26 heavy (non-hydrogen) atoms. The summed E-state index contributed by atoms with van der Waals surface area (Å²) < 4.78 is 10.9. The summed E-state index contributed by atoms with van der Waals surface area (Å²) in [7, 11) is 1.61. The minimum Gasteiger partial charge on any atom is -0.497 e. The summed E-state index contributed by atoms with van der Waals surface area (Å²) in [5, 5.41) is 2.81. The van der Waals surface area contributed by atoms with Crippen molar-refractivity contribution in [2.45, 2.75) is 13.0 Å². The molecule has 2 heterocycles. The van der Waals surface area contributed by atoms with Crippen LogP contribution in [0, 0.1) is 0 Å². The van der Waals surface area contributed by atoms with Gasteiger partial charge in [-0.2, -0.15) is 0 Å². The van der Waals surface area contributed by atoms with Crippen molar-refractivity contribution >= 4 is 11.7 Å². The Kier molecular flexibility index (Phi) is 5.77. The van der Waals surface area contributed by atoms with E-state index in [4.69, 9.17) is 9.47 Å². The quantitative estimate of drug-likeness (QED) is 0.709. The second-order valence-electron chi connectivity index (χ2n) is 5.57. The fourth-order valence-electron chi connectivity index (χ4n) is 2.35. The molecule has 1 aromatic carbocycles. The Morgan fingerprint density at radius 2 is 1.77 bits per heavy atom. The van der Waals surface area contributed by atoms with Crippen LogP contribution in [0.4, 0.5) is 5.82 Å². The number of hydrogen-bond acceptors (Lipinski definition) is 5. The summed E-state index contributed by atoms with van der Waals surface area (Å²) in [6, 6.07) is 14.7. The third-order valence-electron chi connectivity index (χ3n) is 3.70. The Balaban J connectivity index is 1.62. The van der Waals surface area contributed by atoms with E-state index >= 15 is 0 Å². The number of anilines is 1. The summed E-state index contributed by atoms with van der Waals surface area (Å²) >= 11 is 0. The molecule has 6 nitrogen and oxygen atoms in total. The molecule has 0 radical (unpaired) electrons. The summed E-state index contributed by atoms with van der Waals surface area (Å²) in [4.78, 5) is 20.5. The van der Waals surface area contributed by atoms with Gasteiger partial charge in [0.2, 0.25) is 5.91 Å². The van der Waals surface area contributed by atoms with Gasteiger partial charge in [-0.1, -0.05) is 12.1 Å². The van der Waals surface area contributed by atoms with Gasteiger partial charge in [0, 0.05) is 18.6 Å². The molecule has 1 amide bonds. The molecule has 0 saturated heterocycles. The second kappa shape index (κ2) is 8.62. The van der Waals surface area contributed by atoms with Gasteiger partial charge in [0.1, 0.15) is 12.4 Å². The van der Waals surface area contributed by atoms with E-state index in [9.17, 15) is 4.79 Å². The van der Waals surface area contributed by atoms with Crippen molar-refractivity contribution in [3.05, 3.63) is 78.2 Å². The predicted molar refractivity (Wildman–Crippen MR) is 98.1 cm³/mol. The van der Waals surface area contributed by atoms with Gasteiger partial charge in [0.15, 0.2) is 11.6 Å². The molecule has 0 fully saturated rings. The Labute approximate surface area is 151 Å². The number of nitrogens with one attached hydrogen (secondary N) is 1. The lowest BCUT2D eigenvalue weighted by Crippen LogP contribution is -2.16. The van der Waals surface area contributed by atoms with Crippen molar-refractivity contribution < 1.29 is 14.3 Å². The zero-order chi connectivity index (χ0) is 18.2. The maximum Gasteiger partial charge on any atom is 0.230 e. The van der Waals surface area contributed by atoms with E-state index in [1.807, 2.05) is 36.4 Å². The Morgan fingerprint density at radius 1 is 1.00 bits per heavy atom. The number of carbonyl (C=O) groups is 1. The second-order valence-corrected chi connectivity index (χ2v) is 5.57. The minimum absolute atomic E-state index is 0.164. The zero-order valence-electron chi connectivity index (χ0n) is 14.4. The van der Waals surface area contributed by atoms with Crippen LogP contribution in [-0.2, 0) is 17.8 Å². The van der Waals surface area contributed by atoms with Crippen LogP contribution in [0.15, 0.2) is 67.1 Å². The first kappa shape index (κ1) is 17.4. The molecule has 0 unspecified atom stereocenters. The first-order chi connectivity index (χ1) is 12.7. The SMILES string of the molecule is COc1ccc(CC(=O)Nc2ncccc2OCc2ccncc2)cc1. The molecule has 2 aromatic heterocycles. The fraction of sp³-hybridized carbons (Fsp3) is 0.150. The summed E-state index contributed by atoms with van der Waals surface area (Å²) in [6.45, 7) is 0.371. The highest BCUT2D eigenvalue weighted by Crippen LogP contribution is 2.22. The number of amides is 1. The molecular formula is C20H19N3O3. The number of nitrogens with zero attached hydrogens (tertiary/aromatic N) is 2. The number of carbonyl (C=O) groups excluding carboxylic acids is 1. The van der Waals surface area contributed by atoms with Gasteiger partial charge >= 0.3 is 0 Å². The average molecular weight is 349 g/mol. The lowest BCUT2D eigenvalue weighted by atomic mass is 10.1. The number of methoxy groups -OCH3 is 1. The molecular weight excluding hydrogens is 330 g/mol. The van der Waals surface area contributed by atoms with E-state index < -0.39 is 0 Å². The molecule has 6 heteroatoms. The highest BCUT2D eigenvalue weighted by atomic mass is 16.5. The lowest BCUT2D eigenvalue weighted by molar-refractivity contribution is -0.115. The van der Waals surface area contributed by atoms with Gasteiger partial charge in [0.05, 0.1) is 13.5 Å². The van der Waals surface area contributed by atoms with E-state index in [2.05, 4.69) is 15.3 Å². The maximum atomic E-state index is 12.3. The van der Waals surface area contributed by atoms with Gasteiger partial charge in [-0.15, -0.1) is 0 Å². The lowest BCUT2D eigenvalue weighted by Gasteiger charge is -2.11. The van der Waals surface area contributed by atoms with Crippen molar-refractivity contribution in [3.63, 3.8) is 0 Å². The summed E-state index contributed by atoms with van der Waals surface area (Å²) in [5.74, 6) is 1.51. The maximum absolute atomic E-state index is 12.3. The van der Waals surface area contributed by atoms with E-state index in [0.29, 0.717) is 18.2 Å². The summed E-state index contributed by atoms with van der Waals surface area (Å²) in [5.41, 5.74) is 1.87. The first-order valence-corrected chi connectivity index (χ1v) is 8.14. The van der Waals surface area contributed by atoms with Crippen molar-refractivity contribution in [1.29, 1.82) is 0 Å². The third kappa shape index (κ3) is 4.80. The standard InChI is InChI=1S/C20H19N3O3/c1-25-17-6-4-15(5-7-17)13-19(24)23-20-18(3-2-10-22-20)26-14-16-8-11-21-12-9-16/h2-12H,13-14H2,1H3,(H,22,23,24). The molecule has 132 valence electrons. The van der Waals surface area contributed by atoms with Gasteiger partial charge < -0.3 is 14.8 Å². The topological polar surface area (TPSA) is 73.3 Å². The molecule has 0 bridgehead atoms. The molecule has 0 aliphatic heterocycles. The number of hydrogen-bond donors (Lipinski definition) is 1. The molecule has 3 aromatic rings. The van der Waals surface area contributed by atoms with Gasteiger partial charge in [0.25, 0.3) is 0 Å². The largest absolute Gasteiger partial charge is 0.497 e. The fourth-order valence-corrected chi connectivity index (χ4v) is 2.35. The van der Waals surface area contributed by atoms with Crippen LogP contribution in [0.1, 0.15) is 11.1 Å². The van der Waals surface area contributed by atoms with Gasteiger partial charge in [-0.25, -0.2) is 4.98 Å². The Bertz CT molecular complexity index is 852. The number of rotatable bonds is 7. The number of benzene rings is 1. The molecule has 0 atom stereocenters. The van der Waals surface area contributed by atoms with E-state index in [1.165, 1.54) is 0 Å². The third-order valence-corrected chi connectivity index (χ3v) is 3.70. The molecule has 0 spiro atoms. The zero-order valence-corrected chi connectivity index (χ0v) is 14.4. The first-order valence-electron chi connectivity index (χ1n) is 8.14.